The van der Waals surface area contributed by atoms with Gasteiger partial charge >= 0.3 is 5.97 Å². The van der Waals surface area contributed by atoms with E-state index in [-0.39, 0.29) is 10.8 Å². The SMILES string of the molecule is CCN1CCSC(=O)N1CCOc1ccc(C(=O)O)cc1. The van der Waals surface area contributed by atoms with Gasteiger partial charge in [0.2, 0.25) is 0 Å². The van der Waals surface area contributed by atoms with Crippen molar-refractivity contribution in [3.63, 3.8) is 0 Å². The molecule has 0 aromatic heterocycles. The third-order valence-corrected chi connectivity index (χ3v) is 4.01. The maximum absolute atomic E-state index is 11.9. The summed E-state index contributed by atoms with van der Waals surface area (Å²) < 4.78 is 5.56. The maximum Gasteiger partial charge on any atom is 0.335 e. The average molecular weight is 310 g/mol. The molecule has 1 N–H and O–H groups in total. The number of amides is 1. The number of hydrogen-bond donors (Lipinski definition) is 1. The Morgan fingerprint density at radius 1 is 1.38 bits per heavy atom. The number of carbonyl (C=O) groups is 2. The van der Waals surface area contributed by atoms with E-state index < -0.39 is 5.97 Å². The van der Waals surface area contributed by atoms with Crippen LogP contribution in [0.1, 0.15) is 17.3 Å². The Labute approximate surface area is 127 Å². The minimum Gasteiger partial charge on any atom is -0.492 e. The Morgan fingerprint density at radius 2 is 2.10 bits per heavy atom. The molecule has 0 spiro atoms. The molecule has 0 atom stereocenters. The lowest BCUT2D eigenvalue weighted by Gasteiger charge is -2.37. The van der Waals surface area contributed by atoms with E-state index in [0.717, 1.165) is 18.8 Å². The fraction of sp³-hybridized carbons (Fsp3) is 0.429. The standard InChI is InChI=1S/C14H18N2O4S/c1-2-15-8-10-21-14(19)16(15)7-9-20-12-5-3-11(4-6-12)13(17)18/h3-6H,2,7-10H2,1H3,(H,17,18). The quantitative estimate of drug-likeness (QED) is 0.868. The third-order valence-electron chi connectivity index (χ3n) is 3.17. The van der Waals surface area contributed by atoms with Gasteiger partial charge in [0.15, 0.2) is 0 Å². The fourth-order valence-electron chi connectivity index (χ4n) is 2.05. The highest BCUT2D eigenvalue weighted by Crippen LogP contribution is 2.18. The zero-order valence-corrected chi connectivity index (χ0v) is 12.6. The smallest absolute Gasteiger partial charge is 0.335 e. The van der Waals surface area contributed by atoms with Gasteiger partial charge in [-0.15, -0.1) is 0 Å². The van der Waals surface area contributed by atoms with Crippen LogP contribution in [0, 0.1) is 0 Å². The second-order valence-corrected chi connectivity index (χ2v) is 5.51. The first-order valence-corrected chi connectivity index (χ1v) is 7.75. The van der Waals surface area contributed by atoms with E-state index in [4.69, 9.17) is 9.84 Å². The number of carboxylic acids is 1. The van der Waals surface area contributed by atoms with Crippen molar-refractivity contribution in [2.75, 3.05) is 32.0 Å². The Kier molecular flexibility index (Phi) is 5.46. The number of benzene rings is 1. The van der Waals surface area contributed by atoms with Gasteiger partial charge in [-0.05, 0) is 24.3 Å². The third kappa shape index (κ3) is 4.12. The van der Waals surface area contributed by atoms with E-state index in [0.29, 0.717) is 18.9 Å². The van der Waals surface area contributed by atoms with Gasteiger partial charge in [0.1, 0.15) is 12.4 Å². The molecule has 2 rings (SSSR count). The molecular weight excluding hydrogens is 292 g/mol. The van der Waals surface area contributed by atoms with Gasteiger partial charge in [-0.1, -0.05) is 18.7 Å². The van der Waals surface area contributed by atoms with Crippen LogP contribution in [0.2, 0.25) is 0 Å². The van der Waals surface area contributed by atoms with Crippen LogP contribution in [0.3, 0.4) is 0 Å². The van der Waals surface area contributed by atoms with Crippen LogP contribution in [0.25, 0.3) is 0 Å². The number of carboxylic acid groups (broad SMARTS) is 1. The number of thioether (sulfide) groups is 1. The summed E-state index contributed by atoms with van der Waals surface area (Å²) in [7, 11) is 0. The van der Waals surface area contributed by atoms with Crippen LogP contribution in [-0.4, -0.2) is 58.3 Å². The van der Waals surface area contributed by atoms with E-state index in [1.807, 2.05) is 11.9 Å². The second kappa shape index (κ2) is 7.33. The Balaban J connectivity index is 1.85. The van der Waals surface area contributed by atoms with Crippen LogP contribution in [0.5, 0.6) is 5.75 Å². The maximum atomic E-state index is 11.9. The molecule has 1 fully saturated rings. The highest BCUT2D eigenvalue weighted by molar-refractivity contribution is 8.13. The molecule has 0 saturated carbocycles. The van der Waals surface area contributed by atoms with Crippen molar-refractivity contribution in [2.24, 2.45) is 0 Å². The average Bonchev–Trinajstić information content (AvgIpc) is 2.49. The molecule has 0 radical (unpaired) electrons. The largest absolute Gasteiger partial charge is 0.492 e. The lowest BCUT2D eigenvalue weighted by atomic mass is 10.2. The fourth-order valence-corrected chi connectivity index (χ4v) is 2.89. The number of aromatic carboxylic acids is 1. The summed E-state index contributed by atoms with van der Waals surface area (Å²) in [5.41, 5.74) is 0.224. The zero-order valence-electron chi connectivity index (χ0n) is 11.8. The molecule has 114 valence electrons. The topological polar surface area (TPSA) is 70.1 Å². The summed E-state index contributed by atoms with van der Waals surface area (Å²) in [5, 5.41) is 12.6. The minimum atomic E-state index is -0.962. The van der Waals surface area contributed by atoms with E-state index in [1.54, 1.807) is 17.1 Å². The van der Waals surface area contributed by atoms with Crippen LogP contribution in [-0.2, 0) is 0 Å². The predicted molar refractivity (Wildman–Crippen MR) is 80.7 cm³/mol. The van der Waals surface area contributed by atoms with Gasteiger partial charge in [0.25, 0.3) is 5.24 Å². The Morgan fingerprint density at radius 3 is 2.71 bits per heavy atom. The molecule has 1 aromatic rings. The van der Waals surface area contributed by atoms with Gasteiger partial charge in [0.05, 0.1) is 12.1 Å². The van der Waals surface area contributed by atoms with Crippen molar-refractivity contribution >= 4 is 23.0 Å². The Hall–Kier alpha value is -1.73. The van der Waals surface area contributed by atoms with E-state index in [1.165, 1.54) is 23.9 Å². The summed E-state index contributed by atoms with van der Waals surface area (Å²) in [4.78, 5) is 22.6. The molecule has 1 aliphatic rings. The van der Waals surface area contributed by atoms with Crippen molar-refractivity contribution in [3.05, 3.63) is 29.8 Å². The van der Waals surface area contributed by atoms with Crippen molar-refractivity contribution in [1.82, 2.24) is 10.0 Å². The first-order chi connectivity index (χ1) is 10.1. The number of nitrogens with zero attached hydrogens (tertiary/aromatic N) is 2. The van der Waals surface area contributed by atoms with Gasteiger partial charge in [0, 0.05) is 18.8 Å². The van der Waals surface area contributed by atoms with Crippen LogP contribution in [0.4, 0.5) is 4.79 Å². The first kappa shape index (κ1) is 15.7. The highest BCUT2D eigenvalue weighted by atomic mass is 32.2. The van der Waals surface area contributed by atoms with Crippen LogP contribution in [0.15, 0.2) is 24.3 Å². The number of hydrogen-bond acceptors (Lipinski definition) is 5. The predicted octanol–water partition coefficient (Wildman–Crippen LogP) is 2.17. The summed E-state index contributed by atoms with van der Waals surface area (Å²) in [6.07, 6.45) is 0. The van der Waals surface area contributed by atoms with Crippen molar-refractivity contribution < 1.29 is 19.4 Å². The summed E-state index contributed by atoms with van der Waals surface area (Å²) in [6, 6.07) is 6.23. The van der Waals surface area contributed by atoms with E-state index in [9.17, 15) is 9.59 Å². The molecule has 0 unspecified atom stereocenters. The Bertz CT molecular complexity index is 506. The second-order valence-electron chi connectivity index (χ2n) is 4.46. The number of ether oxygens (including phenoxy) is 1. The molecule has 7 heteroatoms. The van der Waals surface area contributed by atoms with Crippen molar-refractivity contribution in [2.45, 2.75) is 6.92 Å². The number of carbonyl (C=O) groups excluding carboxylic acids is 1. The molecule has 1 saturated heterocycles. The molecule has 1 amide bonds. The van der Waals surface area contributed by atoms with Crippen LogP contribution >= 0.6 is 11.8 Å². The highest BCUT2D eigenvalue weighted by Gasteiger charge is 2.25. The summed E-state index contributed by atoms with van der Waals surface area (Å²) >= 11 is 1.32. The lowest BCUT2D eigenvalue weighted by molar-refractivity contribution is 0.0228. The normalized spacial score (nSPS) is 16.0. The molecule has 1 aromatic carbocycles. The van der Waals surface area contributed by atoms with Crippen molar-refractivity contribution in [3.8, 4) is 5.75 Å². The molecule has 6 nitrogen and oxygen atoms in total. The van der Waals surface area contributed by atoms with Crippen LogP contribution < -0.4 is 4.74 Å². The minimum absolute atomic E-state index is 0.0490. The molecule has 1 aliphatic heterocycles. The first-order valence-electron chi connectivity index (χ1n) is 6.77. The lowest BCUT2D eigenvalue weighted by Crippen LogP contribution is -2.50. The van der Waals surface area contributed by atoms with Gasteiger partial charge in [-0.2, -0.15) is 0 Å². The summed E-state index contributed by atoms with van der Waals surface area (Å²) in [5.74, 6) is 0.456. The summed E-state index contributed by atoms with van der Waals surface area (Å²) in [6.45, 7) is 4.52. The molecule has 21 heavy (non-hydrogen) atoms. The van der Waals surface area contributed by atoms with E-state index >= 15 is 0 Å². The number of hydrazine groups is 1. The zero-order chi connectivity index (χ0) is 15.2. The van der Waals surface area contributed by atoms with Gasteiger partial charge in [-0.3, -0.25) is 9.80 Å². The monoisotopic (exact) mass is 310 g/mol. The number of rotatable bonds is 6. The van der Waals surface area contributed by atoms with Crippen molar-refractivity contribution in [1.29, 1.82) is 0 Å². The van der Waals surface area contributed by atoms with E-state index in [2.05, 4.69) is 0 Å². The molecule has 0 bridgehead atoms. The van der Waals surface area contributed by atoms with Gasteiger partial charge < -0.3 is 9.84 Å². The molecule has 0 aliphatic carbocycles. The van der Waals surface area contributed by atoms with Gasteiger partial charge in [-0.25, -0.2) is 9.80 Å². The molecule has 1 heterocycles. The molecular formula is C14H18N2O4S.